The minimum Gasteiger partial charge on any atom is -0.285 e. The highest BCUT2D eigenvalue weighted by Crippen LogP contribution is 2.60. The third-order valence-corrected chi connectivity index (χ3v) is 5.21. The van der Waals surface area contributed by atoms with Crippen LogP contribution in [0.15, 0.2) is 6.20 Å². The zero-order chi connectivity index (χ0) is 10.6. The van der Waals surface area contributed by atoms with E-state index in [2.05, 4.69) is 16.3 Å². The van der Waals surface area contributed by atoms with Gasteiger partial charge in [0.25, 0.3) is 0 Å². The van der Waals surface area contributed by atoms with Crippen LogP contribution in [-0.4, -0.2) is 10.2 Å². The second kappa shape index (κ2) is 3.12. The van der Waals surface area contributed by atoms with Gasteiger partial charge in [-0.2, -0.15) is 5.10 Å². The summed E-state index contributed by atoms with van der Waals surface area (Å²) in [5, 5.41) is 7.22. The number of hydrogen-bond acceptors (Lipinski definition) is 1. The predicted molar refractivity (Wildman–Crippen MR) is 61.7 cm³/mol. The number of rotatable bonds is 2. The molecule has 2 heteroatoms. The molecule has 4 aliphatic rings. The summed E-state index contributed by atoms with van der Waals surface area (Å²) in [4.78, 5) is 0. The van der Waals surface area contributed by atoms with Crippen molar-refractivity contribution in [3.8, 4) is 0 Å². The van der Waals surface area contributed by atoms with E-state index in [1.807, 2.05) is 6.20 Å². The van der Waals surface area contributed by atoms with E-state index < -0.39 is 0 Å². The van der Waals surface area contributed by atoms with E-state index in [0.717, 1.165) is 17.8 Å². The summed E-state index contributed by atoms with van der Waals surface area (Å²) >= 11 is 0. The van der Waals surface area contributed by atoms with Gasteiger partial charge in [0.1, 0.15) is 0 Å². The van der Waals surface area contributed by atoms with E-state index in [1.165, 1.54) is 50.6 Å². The molecule has 0 spiro atoms. The Labute approximate surface area is 96.8 Å². The maximum Gasteiger partial charge on any atom is 0.0707 e. The van der Waals surface area contributed by atoms with Crippen LogP contribution in [0.25, 0.3) is 0 Å². The van der Waals surface area contributed by atoms with Gasteiger partial charge in [-0.3, -0.25) is 5.10 Å². The number of nitrogens with zero attached hydrogens (tertiary/aromatic N) is 1. The summed E-state index contributed by atoms with van der Waals surface area (Å²) in [6, 6.07) is 3.25. The first-order chi connectivity index (χ1) is 7.81. The molecule has 0 aliphatic heterocycles. The molecule has 2 nitrogen and oxygen atoms in total. The fourth-order valence-electron chi connectivity index (χ4n) is 5.21. The number of H-pyrrole nitrogens is 1. The molecule has 1 aromatic rings. The fraction of sp³-hybridized carbons (Fsp3) is 0.786. The number of aromatic nitrogens is 2. The first-order valence-corrected chi connectivity index (χ1v) is 6.72. The Morgan fingerprint density at radius 2 is 1.81 bits per heavy atom. The minimum absolute atomic E-state index is 0.612. The van der Waals surface area contributed by atoms with Crippen LogP contribution in [-0.2, 0) is 6.42 Å². The summed E-state index contributed by atoms with van der Waals surface area (Å²) in [6.45, 7) is 0. The van der Waals surface area contributed by atoms with Gasteiger partial charge in [-0.1, -0.05) is 0 Å². The zero-order valence-electron chi connectivity index (χ0n) is 9.71. The van der Waals surface area contributed by atoms with Crippen LogP contribution < -0.4 is 0 Å². The summed E-state index contributed by atoms with van der Waals surface area (Å²) in [5.41, 5.74) is 1.78. The molecular weight excluding hydrogens is 196 g/mol. The maximum absolute atomic E-state index is 4.31. The van der Waals surface area contributed by atoms with Gasteiger partial charge >= 0.3 is 0 Å². The van der Waals surface area contributed by atoms with Crippen molar-refractivity contribution in [2.24, 2.45) is 23.2 Å². The van der Waals surface area contributed by atoms with Crippen LogP contribution in [0.3, 0.4) is 0 Å². The summed E-state index contributed by atoms with van der Waals surface area (Å²) < 4.78 is 0. The van der Waals surface area contributed by atoms with E-state index in [9.17, 15) is 0 Å². The molecule has 0 saturated heterocycles. The number of aromatic amines is 1. The molecule has 0 atom stereocenters. The van der Waals surface area contributed by atoms with Crippen molar-refractivity contribution in [2.45, 2.75) is 44.9 Å². The van der Waals surface area contributed by atoms with Gasteiger partial charge in [0.05, 0.1) is 5.69 Å². The molecule has 1 heterocycles. The average molecular weight is 215 g/mol. The van der Waals surface area contributed by atoms with Crippen LogP contribution in [0.2, 0.25) is 0 Å². The largest absolute Gasteiger partial charge is 0.285 e. The minimum atomic E-state index is 0.612. The van der Waals surface area contributed by atoms with E-state index in [-0.39, 0.29) is 0 Å². The molecule has 0 aromatic carbocycles. The van der Waals surface area contributed by atoms with Crippen molar-refractivity contribution in [3.63, 3.8) is 0 Å². The van der Waals surface area contributed by atoms with Crippen LogP contribution in [0.1, 0.15) is 44.2 Å². The van der Waals surface area contributed by atoms with Gasteiger partial charge in [-0.05, 0) is 68.1 Å². The lowest BCUT2D eigenvalue weighted by Crippen LogP contribution is -2.47. The second-order valence-electron chi connectivity index (χ2n) is 6.57. The van der Waals surface area contributed by atoms with Crippen molar-refractivity contribution in [1.29, 1.82) is 0 Å². The van der Waals surface area contributed by atoms with E-state index in [0.29, 0.717) is 5.41 Å². The summed E-state index contributed by atoms with van der Waals surface area (Å²) in [7, 11) is 0. The Morgan fingerprint density at radius 3 is 2.31 bits per heavy atom. The number of hydrogen-bond donors (Lipinski definition) is 1. The highest BCUT2D eigenvalue weighted by molar-refractivity contribution is 5.08. The van der Waals surface area contributed by atoms with Crippen LogP contribution in [0.5, 0.6) is 0 Å². The van der Waals surface area contributed by atoms with Crippen molar-refractivity contribution in [3.05, 3.63) is 18.0 Å². The van der Waals surface area contributed by atoms with Gasteiger partial charge < -0.3 is 0 Å². The quantitative estimate of drug-likeness (QED) is 0.807. The Balaban J connectivity index is 1.62. The van der Waals surface area contributed by atoms with E-state index >= 15 is 0 Å². The van der Waals surface area contributed by atoms with Crippen molar-refractivity contribution in [2.75, 3.05) is 0 Å². The molecule has 1 aromatic heterocycles. The van der Waals surface area contributed by atoms with Crippen LogP contribution >= 0.6 is 0 Å². The van der Waals surface area contributed by atoms with Crippen molar-refractivity contribution < 1.29 is 0 Å². The molecule has 1 N–H and O–H groups in total. The highest BCUT2D eigenvalue weighted by atomic mass is 15.1. The molecule has 4 bridgehead atoms. The molecule has 0 amide bonds. The molecule has 0 unspecified atom stereocenters. The fourth-order valence-corrected chi connectivity index (χ4v) is 5.21. The van der Waals surface area contributed by atoms with Gasteiger partial charge in [0, 0.05) is 12.3 Å². The molecular formula is C14H19N2. The molecule has 4 aliphatic carbocycles. The monoisotopic (exact) mass is 215 g/mol. The third-order valence-electron chi connectivity index (χ3n) is 5.21. The van der Waals surface area contributed by atoms with Gasteiger partial charge in [0.2, 0.25) is 0 Å². The molecule has 16 heavy (non-hydrogen) atoms. The van der Waals surface area contributed by atoms with E-state index in [1.54, 1.807) is 0 Å². The smallest absolute Gasteiger partial charge is 0.0707 e. The lowest BCUT2D eigenvalue weighted by molar-refractivity contribution is -0.0526. The third kappa shape index (κ3) is 1.35. The van der Waals surface area contributed by atoms with Gasteiger partial charge in [0.15, 0.2) is 0 Å². The van der Waals surface area contributed by atoms with Gasteiger partial charge in [-0.25, -0.2) is 0 Å². The SMILES string of the molecule is [c]1c[nH]nc1CC12CC3CC(CC(C3)C1)C2. The molecule has 85 valence electrons. The Bertz CT molecular complexity index is 344. The maximum atomic E-state index is 4.31. The highest BCUT2D eigenvalue weighted by Gasteiger charge is 2.50. The van der Waals surface area contributed by atoms with Crippen LogP contribution in [0.4, 0.5) is 0 Å². The first-order valence-electron chi connectivity index (χ1n) is 6.72. The molecule has 1 radical (unpaired) electrons. The Hall–Kier alpha value is -0.790. The molecule has 4 fully saturated rings. The normalized spacial score (nSPS) is 45.1. The van der Waals surface area contributed by atoms with E-state index in [4.69, 9.17) is 0 Å². The Morgan fingerprint density at radius 1 is 1.19 bits per heavy atom. The lowest BCUT2D eigenvalue weighted by atomic mass is 9.48. The molecule has 5 rings (SSSR count). The summed E-state index contributed by atoms with van der Waals surface area (Å²) in [6.07, 6.45) is 12.0. The topological polar surface area (TPSA) is 28.7 Å². The second-order valence-corrected chi connectivity index (χ2v) is 6.57. The lowest BCUT2D eigenvalue weighted by Gasteiger charge is -2.56. The first kappa shape index (κ1) is 9.26. The van der Waals surface area contributed by atoms with Gasteiger partial charge in [-0.15, -0.1) is 0 Å². The number of nitrogens with one attached hydrogen (secondary N) is 1. The predicted octanol–water partition coefficient (Wildman–Crippen LogP) is 2.97. The average Bonchev–Trinajstić information content (AvgIpc) is 2.66. The van der Waals surface area contributed by atoms with Crippen molar-refractivity contribution >= 4 is 0 Å². The molecule has 4 saturated carbocycles. The van der Waals surface area contributed by atoms with Crippen LogP contribution in [0, 0.1) is 29.2 Å². The van der Waals surface area contributed by atoms with Crippen molar-refractivity contribution in [1.82, 2.24) is 10.2 Å². The summed E-state index contributed by atoms with van der Waals surface area (Å²) in [5.74, 6) is 3.14. The standard InChI is InChI=1S/C14H19N2/c1-2-15-16-13(1)9-14-6-10-3-11(7-14)5-12(4-10)8-14/h2,10-12H,3-9H2,(H,15,16). The zero-order valence-corrected chi connectivity index (χ0v) is 9.71. The Kier molecular flexibility index (Phi) is 1.80.